The summed E-state index contributed by atoms with van der Waals surface area (Å²) in [7, 11) is 0. The van der Waals surface area contributed by atoms with Gasteiger partial charge in [0.05, 0.1) is 19.8 Å². The third kappa shape index (κ3) is 2.38. The number of hydrogen-bond acceptors (Lipinski definition) is 3. The lowest BCUT2D eigenvalue weighted by atomic mass is 9.85. The van der Waals surface area contributed by atoms with E-state index in [1.54, 1.807) is 0 Å². The summed E-state index contributed by atoms with van der Waals surface area (Å²) < 4.78 is 5.04. The molecule has 4 nitrogen and oxygen atoms in total. The second-order valence-electron chi connectivity index (χ2n) is 5.09. The first-order valence-corrected chi connectivity index (χ1v) is 6.26. The van der Waals surface area contributed by atoms with Crippen molar-refractivity contribution in [2.75, 3.05) is 19.8 Å². The van der Waals surface area contributed by atoms with E-state index in [4.69, 9.17) is 4.74 Å². The molecule has 2 rings (SSSR count). The van der Waals surface area contributed by atoms with E-state index in [9.17, 15) is 9.90 Å². The zero-order chi connectivity index (χ0) is 11.4. The molecular formula is C12H21NO3. The Bertz CT molecular complexity index is 237. The molecule has 1 saturated heterocycles. The van der Waals surface area contributed by atoms with E-state index >= 15 is 0 Å². The first kappa shape index (κ1) is 11.9. The Morgan fingerprint density at radius 1 is 1.25 bits per heavy atom. The Morgan fingerprint density at radius 2 is 1.88 bits per heavy atom. The zero-order valence-corrected chi connectivity index (χ0v) is 9.71. The van der Waals surface area contributed by atoms with Crippen molar-refractivity contribution < 1.29 is 14.6 Å². The van der Waals surface area contributed by atoms with Gasteiger partial charge >= 0.3 is 0 Å². The molecule has 0 aromatic carbocycles. The highest BCUT2D eigenvalue weighted by molar-refractivity contribution is 5.84. The lowest BCUT2D eigenvalue weighted by molar-refractivity contribution is -0.170. The lowest BCUT2D eigenvalue weighted by Gasteiger charge is -2.39. The fourth-order valence-corrected chi connectivity index (χ4v) is 2.40. The monoisotopic (exact) mass is 227 g/mol. The fourth-order valence-electron chi connectivity index (χ4n) is 2.40. The molecule has 0 atom stereocenters. The number of amides is 1. The zero-order valence-electron chi connectivity index (χ0n) is 9.71. The van der Waals surface area contributed by atoms with Crippen LogP contribution in [0.25, 0.3) is 0 Å². The number of aliphatic hydroxyl groups is 1. The first-order valence-electron chi connectivity index (χ1n) is 6.26. The molecule has 1 aliphatic heterocycles. The van der Waals surface area contributed by atoms with Gasteiger partial charge in [-0.3, -0.25) is 4.79 Å². The van der Waals surface area contributed by atoms with Crippen LogP contribution in [0.1, 0.15) is 38.5 Å². The van der Waals surface area contributed by atoms with Crippen LogP contribution in [-0.2, 0) is 9.53 Å². The number of hydrogen-bond donors (Lipinski definition) is 2. The van der Waals surface area contributed by atoms with Gasteiger partial charge in [0, 0.05) is 6.04 Å². The highest BCUT2D eigenvalue weighted by atomic mass is 16.5. The van der Waals surface area contributed by atoms with Crippen LogP contribution >= 0.6 is 0 Å². The van der Waals surface area contributed by atoms with Crippen molar-refractivity contribution >= 4 is 5.91 Å². The lowest BCUT2D eigenvalue weighted by Crippen LogP contribution is -2.58. The van der Waals surface area contributed by atoms with Gasteiger partial charge in [-0.05, 0) is 12.8 Å². The van der Waals surface area contributed by atoms with Crippen LogP contribution in [0.5, 0.6) is 0 Å². The van der Waals surface area contributed by atoms with Crippen molar-refractivity contribution in [1.29, 1.82) is 0 Å². The van der Waals surface area contributed by atoms with E-state index in [-0.39, 0.29) is 12.5 Å². The molecule has 0 bridgehead atoms. The average Bonchev–Trinajstić information content (AvgIpc) is 2.45. The van der Waals surface area contributed by atoms with Gasteiger partial charge in [-0.25, -0.2) is 0 Å². The van der Waals surface area contributed by atoms with Gasteiger partial charge in [-0.1, -0.05) is 25.7 Å². The first-order chi connectivity index (χ1) is 7.77. The Labute approximate surface area is 96.4 Å². The predicted octanol–water partition coefficient (Wildman–Crippen LogP) is 0.834. The molecule has 1 aliphatic carbocycles. The molecule has 1 amide bonds. The normalized spacial score (nSPS) is 25.6. The highest BCUT2D eigenvalue weighted by Gasteiger charge is 2.45. The summed E-state index contributed by atoms with van der Waals surface area (Å²) in [5.74, 6) is -0.0202. The van der Waals surface area contributed by atoms with Gasteiger partial charge in [0.1, 0.15) is 5.41 Å². The van der Waals surface area contributed by atoms with E-state index < -0.39 is 5.41 Å². The summed E-state index contributed by atoms with van der Waals surface area (Å²) in [5, 5.41) is 12.3. The maximum absolute atomic E-state index is 12.0. The molecule has 92 valence electrons. The molecule has 16 heavy (non-hydrogen) atoms. The molecule has 1 heterocycles. The van der Waals surface area contributed by atoms with E-state index in [0.29, 0.717) is 19.3 Å². The van der Waals surface area contributed by atoms with Crippen molar-refractivity contribution in [2.45, 2.75) is 44.6 Å². The highest BCUT2D eigenvalue weighted by Crippen LogP contribution is 2.28. The van der Waals surface area contributed by atoms with Gasteiger partial charge in [0.2, 0.25) is 5.91 Å². The van der Waals surface area contributed by atoms with Crippen molar-refractivity contribution in [3.8, 4) is 0 Å². The fraction of sp³-hybridized carbons (Fsp3) is 0.917. The average molecular weight is 227 g/mol. The van der Waals surface area contributed by atoms with Gasteiger partial charge in [-0.15, -0.1) is 0 Å². The summed E-state index contributed by atoms with van der Waals surface area (Å²) in [6.45, 7) is 0.621. The Kier molecular flexibility index (Phi) is 3.82. The van der Waals surface area contributed by atoms with E-state index in [1.807, 2.05) is 0 Å². The molecule has 2 fully saturated rings. The molecular weight excluding hydrogens is 206 g/mol. The molecule has 2 aliphatic rings. The van der Waals surface area contributed by atoms with E-state index in [0.717, 1.165) is 12.8 Å². The number of rotatable bonds is 3. The summed E-state index contributed by atoms with van der Waals surface area (Å²) in [6.07, 6.45) is 7.12. The Balaban J connectivity index is 1.85. The molecule has 1 saturated carbocycles. The van der Waals surface area contributed by atoms with Crippen LogP contribution in [0.4, 0.5) is 0 Å². The molecule has 0 aromatic rings. The molecule has 0 radical (unpaired) electrons. The number of aliphatic hydroxyl groups excluding tert-OH is 1. The number of carbonyl (C=O) groups excluding carboxylic acids is 1. The maximum Gasteiger partial charge on any atom is 0.233 e. The van der Waals surface area contributed by atoms with Gasteiger partial charge in [0.15, 0.2) is 0 Å². The topological polar surface area (TPSA) is 58.6 Å². The van der Waals surface area contributed by atoms with Crippen LogP contribution in [0.15, 0.2) is 0 Å². The smallest absolute Gasteiger partial charge is 0.233 e. The maximum atomic E-state index is 12.0. The number of ether oxygens (including phenoxy) is 1. The summed E-state index contributed by atoms with van der Waals surface area (Å²) in [6, 6.07) is 0.305. The second-order valence-corrected chi connectivity index (χ2v) is 5.09. The Hall–Kier alpha value is -0.610. The third-order valence-corrected chi connectivity index (χ3v) is 3.73. The van der Waals surface area contributed by atoms with Crippen LogP contribution < -0.4 is 5.32 Å². The molecule has 0 aromatic heterocycles. The van der Waals surface area contributed by atoms with Crippen LogP contribution in [0.2, 0.25) is 0 Å². The van der Waals surface area contributed by atoms with Crippen LogP contribution in [0.3, 0.4) is 0 Å². The predicted molar refractivity (Wildman–Crippen MR) is 60.0 cm³/mol. The van der Waals surface area contributed by atoms with Crippen LogP contribution in [0, 0.1) is 5.41 Å². The molecule has 0 unspecified atom stereocenters. The Morgan fingerprint density at radius 3 is 2.31 bits per heavy atom. The van der Waals surface area contributed by atoms with Crippen molar-refractivity contribution in [3.63, 3.8) is 0 Å². The minimum absolute atomic E-state index is 0.0202. The SMILES string of the molecule is O=C(NC1CCCCCC1)C1(CO)COC1. The second kappa shape index (κ2) is 5.15. The molecule has 0 spiro atoms. The van der Waals surface area contributed by atoms with Crippen molar-refractivity contribution in [3.05, 3.63) is 0 Å². The molecule has 4 heteroatoms. The van der Waals surface area contributed by atoms with Gasteiger partial charge in [0.25, 0.3) is 0 Å². The minimum atomic E-state index is -0.647. The largest absolute Gasteiger partial charge is 0.395 e. The van der Waals surface area contributed by atoms with Crippen molar-refractivity contribution in [2.24, 2.45) is 5.41 Å². The van der Waals surface area contributed by atoms with E-state index in [2.05, 4.69) is 5.32 Å². The summed E-state index contributed by atoms with van der Waals surface area (Å²) >= 11 is 0. The summed E-state index contributed by atoms with van der Waals surface area (Å²) in [4.78, 5) is 12.0. The standard InChI is InChI=1S/C12H21NO3/c14-7-12(8-16-9-12)11(15)13-10-5-3-1-2-4-6-10/h10,14H,1-9H2,(H,13,15). The van der Waals surface area contributed by atoms with E-state index in [1.165, 1.54) is 25.7 Å². The number of nitrogens with one attached hydrogen (secondary N) is 1. The quantitative estimate of drug-likeness (QED) is 0.702. The minimum Gasteiger partial charge on any atom is -0.395 e. The summed E-state index contributed by atoms with van der Waals surface area (Å²) in [5.41, 5.74) is -0.647. The molecule has 2 N–H and O–H groups in total. The third-order valence-electron chi connectivity index (χ3n) is 3.73. The van der Waals surface area contributed by atoms with Gasteiger partial charge < -0.3 is 15.2 Å². The van der Waals surface area contributed by atoms with Crippen molar-refractivity contribution in [1.82, 2.24) is 5.32 Å². The van der Waals surface area contributed by atoms with Crippen LogP contribution in [-0.4, -0.2) is 36.9 Å². The number of carbonyl (C=O) groups is 1. The van der Waals surface area contributed by atoms with Gasteiger partial charge in [-0.2, -0.15) is 0 Å².